The first-order valence-corrected chi connectivity index (χ1v) is 10.4. The summed E-state index contributed by atoms with van der Waals surface area (Å²) in [6, 6.07) is 6.60. The molecule has 188 valence electrons. The lowest BCUT2D eigenvalue weighted by molar-refractivity contribution is -0.277. The molecule has 0 saturated carbocycles. The van der Waals surface area contributed by atoms with Crippen LogP contribution in [0.15, 0.2) is 39.5 Å². The Morgan fingerprint density at radius 1 is 0.943 bits per heavy atom. The summed E-state index contributed by atoms with van der Waals surface area (Å²) in [5.74, 6) is -0.928. The molecule has 1 aliphatic heterocycles. The molecule has 12 heteroatoms. The molecule has 1 aromatic heterocycles. The van der Waals surface area contributed by atoms with Gasteiger partial charge in [0.25, 0.3) is 0 Å². The Morgan fingerprint density at radius 3 is 2.31 bits per heavy atom. The molecule has 1 saturated heterocycles. The molecular weight excluding hydrogens is 468 g/mol. The molecule has 3 aromatic rings. The molecule has 0 amide bonds. The zero-order valence-corrected chi connectivity index (χ0v) is 18.6. The number of hydrogen-bond acceptors (Lipinski definition) is 12. The SMILES string of the molecule is COc1ccc(-c2oc3cc(O[C@@H]4O[C@H](CO)[C@@H](O)[C@H](O)[C@H]4O)cc(O)c3c(=O)c2OC)cc1O. The van der Waals surface area contributed by atoms with Crippen molar-refractivity contribution in [1.82, 2.24) is 0 Å². The van der Waals surface area contributed by atoms with Crippen LogP contribution in [0.3, 0.4) is 0 Å². The van der Waals surface area contributed by atoms with Crippen molar-refractivity contribution in [2.75, 3.05) is 20.8 Å². The number of aromatic hydroxyl groups is 2. The average molecular weight is 492 g/mol. The van der Waals surface area contributed by atoms with Gasteiger partial charge in [0.2, 0.25) is 17.5 Å². The standard InChI is InChI=1S/C23H24O12/c1-31-13-4-3-9(5-11(13)25)21-22(32-2)18(28)16-12(26)6-10(7-14(16)34-21)33-23-20(30)19(29)17(27)15(8-24)35-23/h3-7,15,17,19-20,23-27,29-30H,8H2,1-2H3/t15-,17-,19+,20-,23-/m1/s1. The van der Waals surface area contributed by atoms with Gasteiger partial charge in [-0.05, 0) is 18.2 Å². The average Bonchev–Trinajstić information content (AvgIpc) is 2.83. The van der Waals surface area contributed by atoms with Crippen LogP contribution < -0.4 is 19.6 Å². The van der Waals surface area contributed by atoms with Crippen LogP contribution in [-0.4, -0.2) is 82.2 Å². The van der Waals surface area contributed by atoms with Crippen LogP contribution in [-0.2, 0) is 4.74 Å². The van der Waals surface area contributed by atoms with E-state index in [1.165, 1.54) is 38.5 Å². The van der Waals surface area contributed by atoms with Crippen molar-refractivity contribution in [3.8, 4) is 40.1 Å². The second-order valence-electron chi connectivity index (χ2n) is 7.81. The molecule has 4 rings (SSSR count). The molecular formula is C23H24O12. The first kappa shape index (κ1) is 24.6. The van der Waals surface area contributed by atoms with E-state index >= 15 is 0 Å². The van der Waals surface area contributed by atoms with Crippen LogP contribution in [0, 0.1) is 0 Å². The van der Waals surface area contributed by atoms with Crippen LogP contribution in [0.2, 0.25) is 0 Å². The lowest BCUT2D eigenvalue weighted by atomic mass is 9.99. The Bertz CT molecular complexity index is 1280. The lowest BCUT2D eigenvalue weighted by Gasteiger charge is -2.39. The summed E-state index contributed by atoms with van der Waals surface area (Å²) in [4.78, 5) is 13.1. The summed E-state index contributed by atoms with van der Waals surface area (Å²) >= 11 is 0. The van der Waals surface area contributed by atoms with Gasteiger partial charge in [0.15, 0.2) is 17.3 Å². The fraction of sp³-hybridized carbons (Fsp3) is 0.348. The van der Waals surface area contributed by atoms with Gasteiger partial charge >= 0.3 is 0 Å². The molecule has 2 aromatic carbocycles. The highest BCUT2D eigenvalue weighted by Crippen LogP contribution is 2.39. The van der Waals surface area contributed by atoms with Crippen LogP contribution in [0.5, 0.6) is 28.7 Å². The first-order chi connectivity index (χ1) is 16.7. The number of methoxy groups -OCH3 is 2. The highest BCUT2D eigenvalue weighted by atomic mass is 16.7. The maximum absolute atomic E-state index is 13.1. The van der Waals surface area contributed by atoms with Gasteiger partial charge < -0.3 is 54.0 Å². The number of hydrogen-bond donors (Lipinski definition) is 6. The third-order valence-corrected chi connectivity index (χ3v) is 5.65. The van der Waals surface area contributed by atoms with Crippen molar-refractivity contribution in [3.05, 3.63) is 40.6 Å². The topological polar surface area (TPSA) is 189 Å². The Morgan fingerprint density at radius 2 is 1.69 bits per heavy atom. The summed E-state index contributed by atoms with van der Waals surface area (Å²) in [5, 5.41) is 59.9. The second kappa shape index (κ2) is 9.60. The molecule has 6 N–H and O–H groups in total. The largest absolute Gasteiger partial charge is 0.507 e. The third kappa shape index (κ3) is 4.33. The van der Waals surface area contributed by atoms with Crippen molar-refractivity contribution in [2.45, 2.75) is 30.7 Å². The van der Waals surface area contributed by atoms with E-state index in [4.69, 9.17) is 23.4 Å². The highest BCUT2D eigenvalue weighted by Gasteiger charge is 2.44. The van der Waals surface area contributed by atoms with Crippen LogP contribution in [0.1, 0.15) is 0 Å². The minimum absolute atomic E-state index is 0.0488. The van der Waals surface area contributed by atoms with E-state index in [-0.39, 0.29) is 45.3 Å². The number of fused-ring (bicyclic) bond motifs is 1. The summed E-state index contributed by atoms with van der Waals surface area (Å²) < 4.78 is 26.9. The second-order valence-corrected chi connectivity index (χ2v) is 7.81. The maximum Gasteiger partial charge on any atom is 0.239 e. The fourth-order valence-electron chi connectivity index (χ4n) is 3.83. The van der Waals surface area contributed by atoms with E-state index in [2.05, 4.69) is 0 Å². The van der Waals surface area contributed by atoms with E-state index in [0.29, 0.717) is 0 Å². The lowest BCUT2D eigenvalue weighted by Crippen LogP contribution is -2.60. The third-order valence-electron chi connectivity index (χ3n) is 5.65. The molecule has 12 nitrogen and oxygen atoms in total. The zero-order valence-electron chi connectivity index (χ0n) is 18.6. The van der Waals surface area contributed by atoms with E-state index in [0.717, 1.165) is 6.07 Å². The Hall–Kier alpha value is -3.55. The van der Waals surface area contributed by atoms with Gasteiger partial charge in [-0.2, -0.15) is 0 Å². The van der Waals surface area contributed by atoms with Crippen molar-refractivity contribution >= 4 is 11.0 Å². The van der Waals surface area contributed by atoms with E-state index in [1.54, 1.807) is 0 Å². The van der Waals surface area contributed by atoms with Crippen molar-refractivity contribution < 1.29 is 54.0 Å². The van der Waals surface area contributed by atoms with Crippen molar-refractivity contribution in [3.63, 3.8) is 0 Å². The molecule has 1 fully saturated rings. The minimum atomic E-state index is -1.69. The molecule has 0 unspecified atom stereocenters. The number of phenolic OH excluding ortho intramolecular Hbond substituents is 2. The quantitative estimate of drug-likeness (QED) is 0.272. The summed E-state index contributed by atoms with van der Waals surface area (Å²) in [7, 11) is 2.63. The normalized spacial score (nSPS) is 24.3. The number of rotatable bonds is 6. The maximum atomic E-state index is 13.1. The number of ether oxygens (including phenoxy) is 4. The van der Waals surface area contributed by atoms with Gasteiger partial charge in [-0.3, -0.25) is 4.79 Å². The molecule has 0 radical (unpaired) electrons. The molecule has 35 heavy (non-hydrogen) atoms. The number of phenols is 2. The van der Waals surface area contributed by atoms with Crippen LogP contribution >= 0.6 is 0 Å². The van der Waals surface area contributed by atoms with Gasteiger partial charge in [-0.15, -0.1) is 0 Å². The molecule has 0 bridgehead atoms. The van der Waals surface area contributed by atoms with Crippen LogP contribution in [0.25, 0.3) is 22.3 Å². The monoisotopic (exact) mass is 492 g/mol. The van der Waals surface area contributed by atoms with E-state index in [9.17, 15) is 35.4 Å². The van der Waals surface area contributed by atoms with Crippen LogP contribution in [0.4, 0.5) is 0 Å². The Balaban J connectivity index is 1.79. The van der Waals surface area contributed by atoms with Gasteiger partial charge in [-0.25, -0.2) is 0 Å². The van der Waals surface area contributed by atoms with Gasteiger partial charge in [0.05, 0.1) is 20.8 Å². The van der Waals surface area contributed by atoms with E-state index < -0.39 is 48.5 Å². The van der Waals surface area contributed by atoms with Gasteiger partial charge in [0, 0.05) is 17.7 Å². The number of aliphatic hydroxyl groups excluding tert-OH is 4. The Labute approximate surface area is 197 Å². The molecule has 0 spiro atoms. The molecule has 0 aliphatic carbocycles. The number of aliphatic hydroxyl groups is 4. The molecule has 5 atom stereocenters. The van der Waals surface area contributed by atoms with Crippen molar-refractivity contribution in [2.24, 2.45) is 0 Å². The van der Waals surface area contributed by atoms with Gasteiger partial charge in [-0.1, -0.05) is 0 Å². The highest BCUT2D eigenvalue weighted by molar-refractivity contribution is 5.88. The summed E-state index contributed by atoms with van der Waals surface area (Å²) in [6.07, 6.45) is -7.66. The number of benzene rings is 2. The van der Waals surface area contributed by atoms with Crippen molar-refractivity contribution in [1.29, 1.82) is 0 Å². The summed E-state index contributed by atoms with van der Waals surface area (Å²) in [5.41, 5.74) is -0.546. The Kier molecular flexibility index (Phi) is 6.74. The zero-order chi connectivity index (χ0) is 25.4. The van der Waals surface area contributed by atoms with Gasteiger partial charge in [0.1, 0.15) is 46.9 Å². The summed E-state index contributed by atoms with van der Waals surface area (Å²) in [6.45, 7) is -0.652. The minimum Gasteiger partial charge on any atom is -0.507 e. The smallest absolute Gasteiger partial charge is 0.239 e. The fourth-order valence-corrected chi connectivity index (χ4v) is 3.83. The predicted molar refractivity (Wildman–Crippen MR) is 119 cm³/mol. The molecule has 2 heterocycles. The first-order valence-electron chi connectivity index (χ1n) is 10.4. The molecule has 1 aliphatic rings. The predicted octanol–water partition coefficient (Wildman–Crippen LogP) is 0.0671. The van der Waals surface area contributed by atoms with E-state index in [1.807, 2.05) is 0 Å².